The van der Waals surface area contributed by atoms with Gasteiger partial charge in [0.15, 0.2) is 0 Å². The first-order valence-corrected chi connectivity index (χ1v) is 15.5. The molecule has 0 spiro atoms. The number of hydrogen-bond donors (Lipinski definition) is 0. The van der Waals surface area contributed by atoms with Crippen molar-refractivity contribution in [3.05, 3.63) is 170 Å². The molecule has 10 rings (SSSR count). The molecule has 1 heterocycles. The van der Waals surface area contributed by atoms with E-state index in [1.54, 1.807) is 0 Å². The van der Waals surface area contributed by atoms with Crippen LogP contribution in [0.3, 0.4) is 0 Å². The molecular weight excluding hydrogens is 569 g/mol. The monoisotopic (exact) mass is 605 g/mol. The van der Waals surface area contributed by atoms with Gasteiger partial charge < -0.3 is 4.42 Å². The Labute approximate surface area is 284 Å². The van der Waals surface area contributed by atoms with Crippen molar-refractivity contribution >= 4 is 65.0 Å². The van der Waals surface area contributed by atoms with E-state index >= 15 is 0 Å². The van der Waals surface area contributed by atoms with E-state index in [1.807, 2.05) is 60.7 Å². The molecule has 9 aromatic carbocycles. The molecule has 10 aromatic rings. The van der Waals surface area contributed by atoms with E-state index in [1.165, 1.54) is 10.8 Å². The standard InChI is InChI=1S/C46H28O/c1-3-13-34-29(10-1)12-9-19-35(34)31-20-22-32(23-21-31)44-37-15-5-7-17-39(37)45(40-18-8-6-16-38(40)44)33-25-27-43-42(28-33)41-26-24-30-11-2-4-14-36(30)46(41)47-43/h1-28H/i2D,4D,11D,14D,24D,25D,26D,27D,28D. The Bertz CT molecular complexity index is 3290. The highest BCUT2D eigenvalue weighted by Crippen LogP contribution is 2.45. The van der Waals surface area contributed by atoms with Gasteiger partial charge >= 0.3 is 0 Å². The zero-order valence-corrected chi connectivity index (χ0v) is 24.9. The van der Waals surface area contributed by atoms with Crippen molar-refractivity contribution in [3.63, 3.8) is 0 Å². The molecule has 218 valence electrons. The molecule has 0 atom stereocenters. The van der Waals surface area contributed by atoms with Gasteiger partial charge in [-0.15, -0.1) is 0 Å². The fourth-order valence-electron chi connectivity index (χ4n) is 7.04. The number of benzene rings is 9. The van der Waals surface area contributed by atoms with Crippen LogP contribution in [0.5, 0.6) is 0 Å². The van der Waals surface area contributed by atoms with Crippen LogP contribution in [0.4, 0.5) is 0 Å². The Balaban J connectivity index is 1.27. The molecule has 1 heteroatoms. The Hall–Kier alpha value is -6.18. The average Bonchev–Trinajstić information content (AvgIpc) is 3.63. The molecule has 0 fully saturated rings. The summed E-state index contributed by atoms with van der Waals surface area (Å²) in [5, 5.41) is 5.42. The number of rotatable bonds is 3. The lowest BCUT2D eigenvalue weighted by Crippen LogP contribution is -1.91. The molecule has 1 aromatic heterocycles. The first-order chi connectivity index (χ1) is 27.1. The molecule has 1 nitrogen and oxygen atoms in total. The van der Waals surface area contributed by atoms with Crippen LogP contribution in [0.1, 0.15) is 12.3 Å². The third-order valence-corrected chi connectivity index (χ3v) is 9.14. The molecule has 0 aliphatic rings. The Kier molecular flexibility index (Phi) is 4.05. The second kappa shape index (κ2) is 10.2. The van der Waals surface area contributed by atoms with E-state index in [0.717, 1.165) is 43.8 Å². The van der Waals surface area contributed by atoms with Crippen LogP contribution in [-0.2, 0) is 0 Å². The summed E-state index contributed by atoms with van der Waals surface area (Å²) in [6.07, 6.45) is 0. The Morgan fingerprint density at radius 2 is 1.00 bits per heavy atom. The van der Waals surface area contributed by atoms with Gasteiger partial charge in [-0.25, -0.2) is 0 Å². The molecule has 0 radical (unpaired) electrons. The third-order valence-electron chi connectivity index (χ3n) is 9.14. The summed E-state index contributed by atoms with van der Waals surface area (Å²) in [5.74, 6) is 0. The summed E-state index contributed by atoms with van der Waals surface area (Å²) in [6.45, 7) is 0. The zero-order valence-electron chi connectivity index (χ0n) is 33.9. The molecular formula is C46H28O. The maximum Gasteiger partial charge on any atom is 0.143 e. The fraction of sp³-hybridized carbons (Fsp3) is 0. The van der Waals surface area contributed by atoms with Crippen LogP contribution in [0.2, 0.25) is 0 Å². The smallest absolute Gasteiger partial charge is 0.143 e. The van der Waals surface area contributed by atoms with Gasteiger partial charge in [0.05, 0.1) is 12.3 Å². The molecule has 0 amide bonds. The lowest BCUT2D eigenvalue weighted by Gasteiger charge is -2.18. The van der Waals surface area contributed by atoms with Gasteiger partial charge in [-0.3, -0.25) is 0 Å². The normalized spacial score (nSPS) is 14.5. The van der Waals surface area contributed by atoms with Crippen molar-refractivity contribution in [3.8, 4) is 33.4 Å². The van der Waals surface area contributed by atoms with E-state index in [-0.39, 0.29) is 62.4 Å². The van der Waals surface area contributed by atoms with Crippen LogP contribution in [0.25, 0.3) is 98.4 Å². The summed E-state index contributed by atoms with van der Waals surface area (Å²) in [7, 11) is 0. The number of furan rings is 1. The van der Waals surface area contributed by atoms with Crippen LogP contribution < -0.4 is 0 Å². The number of hydrogen-bond acceptors (Lipinski definition) is 1. The van der Waals surface area contributed by atoms with Crippen molar-refractivity contribution in [1.29, 1.82) is 0 Å². The first-order valence-electron chi connectivity index (χ1n) is 20.0. The topological polar surface area (TPSA) is 13.1 Å². The SMILES string of the molecule is [2H]c1c(-c2c3ccccc3c(-c3ccc(-c4cccc5ccccc45)cc3)c3ccccc23)c([2H])c2c(oc3c4c([2H])c([2H])c([2H])c([2H])c4c([2H])c([2H])c32)c1[2H]. The molecule has 0 bridgehead atoms. The highest BCUT2D eigenvalue weighted by Gasteiger charge is 2.18. The first kappa shape index (κ1) is 18.7. The fourth-order valence-corrected chi connectivity index (χ4v) is 7.04. The molecule has 0 N–H and O–H groups in total. The van der Waals surface area contributed by atoms with Gasteiger partial charge in [-0.2, -0.15) is 0 Å². The van der Waals surface area contributed by atoms with E-state index in [4.69, 9.17) is 12.6 Å². The average molecular weight is 606 g/mol. The summed E-state index contributed by atoms with van der Waals surface area (Å²) < 4.78 is 86.2. The Morgan fingerprint density at radius 3 is 1.74 bits per heavy atom. The van der Waals surface area contributed by atoms with Gasteiger partial charge in [0.25, 0.3) is 0 Å². The largest absolute Gasteiger partial charge is 0.455 e. The van der Waals surface area contributed by atoms with Crippen LogP contribution in [0.15, 0.2) is 174 Å². The Morgan fingerprint density at radius 1 is 0.383 bits per heavy atom. The minimum atomic E-state index is -0.535. The number of fused-ring (bicyclic) bond motifs is 8. The summed E-state index contributed by atoms with van der Waals surface area (Å²) in [4.78, 5) is 0. The zero-order chi connectivity index (χ0) is 38.7. The molecule has 0 saturated heterocycles. The van der Waals surface area contributed by atoms with E-state index < -0.39 is 30.2 Å². The van der Waals surface area contributed by atoms with Gasteiger partial charge in [-0.05, 0) is 89.2 Å². The van der Waals surface area contributed by atoms with Crippen LogP contribution >= 0.6 is 0 Å². The maximum atomic E-state index is 9.73. The van der Waals surface area contributed by atoms with Crippen molar-refractivity contribution < 1.29 is 16.8 Å². The highest BCUT2D eigenvalue weighted by atomic mass is 16.3. The highest BCUT2D eigenvalue weighted by molar-refractivity contribution is 6.23. The predicted molar refractivity (Wildman–Crippen MR) is 200 cm³/mol. The van der Waals surface area contributed by atoms with Crippen molar-refractivity contribution in [2.75, 3.05) is 0 Å². The van der Waals surface area contributed by atoms with Gasteiger partial charge in [0, 0.05) is 16.2 Å². The van der Waals surface area contributed by atoms with Crippen LogP contribution in [-0.4, -0.2) is 0 Å². The van der Waals surface area contributed by atoms with Gasteiger partial charge in [0.1, 0.15) is 11.2 Å². The van der Waals surface area contributed by atoms with Gasteiger partial charge in [-0.1, -0.05) is 152 Å². The van der Waals surface area contributed by atoms with E-state index in [0.29, 0.717) is 5.56 Å². The predicted octanol–water partition coefficient (Wildman–Crippen LogP) is 13.2. The summed E-state index contributed by atoms with van der Waals surface area (Å²) in [6, 6.07) is 35.2. The van der Waals surface area contributed by atoms with Gasteiger partial charge in [0.2, 0.25) is 0 Å². The minimum Gasteiger partial charge on any atom is -0.455 e. The molecule has 0 aliphatic heterocycles. The summed E-state index contributed by atoms with van der Waals surface area (Å²) in [5.41, 5.74) is 4.67. The quantitative estimate of drug-likeness (QED) is 0.183. The molecule has 0 aliphatic carbocycles. The maximum absolute atomic E-state index is 9.73. The second-order valence-corrected chi connectivity index (χ2v) is 11.7. The molecule has 0 unspecified atom stereocenters. The lowest BCUT2D eigenvalue weighted by molar-refractivity contribution is 0.672. The third kappa shape index (κ3) is 3.97. The van der Waals surface area contributed by atoms with Crippen molar-refractivity contribution in [1.82, 2.24) is 0 Å². The van der Waals surface area contributed by atoms with E-state index in [2.05, 4.69) is 54.6 Å². The summed E-state index contributed by atoms with van der Waals surface area (Å²) >= 11 is 0. The molecule has 47 heavy (non-hydrogen) atoms. The van der Waals surface area contributed by atoms with E-state index in [9.17, 15) is 4.11 Å². The minimum absolute atomic E-state index is 0.00111. The van der Waals surface area contributed by atoms with Crippen LogP contribution in [0, 0.1) is 0 Å². The van der Waals surface area contributed by atoms with Crippen molar-refractivity contribution in [2.45, 2.75) is 0 Å². The molecule has 0 saturated carbocycles. The second-order valence-electron chi connectivity index (χ2n) is 11.7. The van der Waals surface area contributed by atoms with Crippen molar-refractivity contribution in [2.24, 2.45) is 0 Å². The lowest BCUT2D eigenvalue weighted by atomic mass is 9.85.